The summed E-state index contributed by atoms with van der Waals surface area (Å²) >= 11 is 0. The number of anilines is 1. The standard InChI is InChI=1S/C13H19N3O4/c1-2-14-10-5-9(3-4-11(10)16(19)20)6-15-7-12(17)13(18)8-15/h3-5,12-14,17-18H,2,6-8H2,1H3. The van der Waals surface area contributed by atoms with Crippen molar-refractivity contribution in [3.05, 3.63) is 33.9 Å². The highest BCUT2D eigenvalue weighted by Gasteiger charge is 2.29. The summed E-state index contributed by atoms with van der Waals surface area (Å²) in [5.74, 6) is 0. The minimum absolute atomic E-state index is 0.0529. The molecule has 20 heavy (non-hydrogen) atoms. The van der Waals surface area contributed by atoms with Crippen LogP contribution in [0.15, 0.2) is 18.2 Å². The Bertz CT molecular complexity index is 485. The third-order valence-corrected chi connectivity index (χ3v) is 3.37. The summed E-state index contributed by atoms with van der Waals surface area (Å²) in [7, 11) is 0. The van der Waals surface area contributed by atoms with Crippen LogP contribution in [0, 0.1) is 10.1 Å². The molecule has 0 bridgehead atoms. The Hall–Kier alpha value is -1.70. The fourth-order valence-corrected chi connectivity index (χ4v) is 2.41. The van der Waals surface area contributed by atoms with Gasteiger partial charge < -0.3 is 15.5 Å². The van der Waals surface area contributed by atoms with Gasteiger partial charge in [-0.2, -0.15) is 0 Å². The second-order valence-corrected chi connectivity index (χ2v) is 4.97. The summed E-state index contributed by atoms with van der Waals surface area (Å²) in [4.78, 5) is 12.4. The maximum Gasteiger partial charge on any atom is 0.292 e. The predicted octanol–water partition coefficient (Wildman–Crippen LogP) is 0.564. The molecule has 0 aliphatic carbocycles. The van der Waals surface area contributed by atoms with Gasteiger partial charge in [-0.1, -0.05) is 6.07 Å². The number of nitrogens with one attached hydrogen (secondary N) is 1. The Morgan fingerprint density at radius 1 is 1.40 bits per heavy atom. The van der Waals surface area contributed by atoms with Gasteiger partial charge in [0.2, 0.25) is 0 Å². The van der Waals surface area contributed by atoms with Crippen LogP contribution in [-0.4, -0.2) is 51.9 Å². The van der Waals surface area contributed by atoms with E-state index in [0.717, 1.165) is 5.56 Å². The van der Waals surface area contributed by atoms with Crippen LogP contribution in [0.4, 0.5) is 11.4 Å². The molecule has 2 rings (SSSR count). The molecule has 7 heteroatoms. The topological polar surface area (TPSA) is 98.9 Å². The lowest BCUT2D eigenvalue weighted by Crippen LogP contribution is -2.22. The average molecular weight is 281 g/mol. The van der Waals surface area contributed by atoms with Gasteiger partial charge in [-0.3, -0.25) is 15.0 Å². The predicted molar refractivity (Wildman–Crippen MR) is 74.6 cm³/mol. The number of benzene rings is 1. The molecule has 0 aromatic heterocycles. The summed E-state index contributed by atoms with van der Waals surface area (Å²) in [6.45, 7) is 3.85. The molecule has 1 fully saturated rings. The molecule has 110 valence electrons. The normalized spacial score (nSPS) is 22.9. The molecule has 2 atom stereocenters. The molecule has 1 saturated heterocycles. The van der Waals surface area contributed by atoms with Gasteiger partial charge >= 0.3 is 0 Å². The Labute approximate surface area is 117 Å². The third-order valence-electron chi connectivity index (χ3n) is 3.37. The van der Waals surface area contributed by atoms with Crippen molar-refractivity contribution >= 4 is 11.4 Å². The zero-order valence-electron chi connectivity index (χ0n) is 11.3. The second kappa shape index (κ2) is 6.17. The second-order valence-electron chi connectivity index (χ2n) is 4.97. The molecular formula is C13H19N3O4. The molecule has 0 saturated carbocycles. The lowest BCUT2D eigenvalue weighted by molar-refractivity contribution is -0.384. The number of nitrogens with zero attached hydrogens (tertiary/aromatic N) is 2. The van der Waals surface area contributed by atoms with Crippen LogP contribution in [0.1, 0.15) is 12.5 Å². The monoisotopic (exact) mass is 281 g/mol. The van der Waals surface area contributed by atoms with Crippen molar-refractivity contribution in [2.24, 2.45) is 0 Å². The molecule has 2 unspecified atom stereocenters. The van der Waals surface area contributed by atoms with Crippen molar-refractivity contribution in [2.75, 3.05) is 25.0 Å². The summed E-state index contributed by atoms with van der Waals surface area (Å²) in [6.07, 6.45) is -1.44. The number of hydrogen-bond acceptors (Lipinski definition) is 6. The smallest absolute Gasteiger partial charge is 0.292 e. The molecule has 0 amide bonds. The van der Waals surface area contributed by atoms with Crippen LogP contribution in [0.5, 0.6) is 0 Å². The molecule has 7 nitrogen and oxygen atoms in total. The molecule has 1 aliphatic rings. The van der Waals surface area contributed by atoms with Gasteiger partial charge in [-0.05, 0) is 18.6 Å². The zero-order chi connectivity index (χ0) is 14.7. The summed E-state index contributed by atoms with van der Waals surface area (Å²) in [5.41, 5.74) is 1.46. The van der Waals surface area contributed by atoms with E-state index in [2.05, 4.69) is 5.32 Å². The van der Waals surface area contributed by atoms with Gasteiger partial charge in [0, 0.05) is 32.2 Å². The van der Waals surface area contributed by atoms with Crippen molar-refractivity contribution in [3.8, 4) is 0 Å². The number of nitro groups is 1. The number of nitro benzene ring substituents is 1. The van der Waals surface area contributed by atoms with Gasteiger partial charge in [0.05, 0.1) is 17.1 Å². The quantitative estimate of drug-likeness (QED) is 0.539. The van der Waals surface area contributed by atoms with Crippen molar-refractivity contribution < 1.29 is 15.1 Å². The van der Waals surface area contributed by atoms with E-state index in [1.165, 1.54) is 6.07 Å². The first-order valence-corrected chi connectivity index (χ1v) is 6.61. The van der Waals surface area contributed by atoms with E-state index in [0.29, 0.717) is 31.9 Å². The SMILES string of the molecule is CCNc1cc(CN2CC(O)C(O)C2)ccc1[N+](=O)[O-]. The van der Waals surface area contributed by atoms with Gasteiger partial charge in [0.15, 0.2) is 0 Å². The third kappa shape index (κ3) is 3.24. The van der Waals surface area contributed by atoms with Crippen molar-refractivity contribution in [3.63, 3.8) is 0 Å². The van der Waals surface area contributed by atoms with Crippen molar-refractivity contribution in [1.82, 2.24) is 4.90 Å². The van der Waals surface area contributed by atoms with Gasteiger partial charge in [-0.25, -0.2) is 0 Å². The van der Waals surface area contributed by atoms with Crippen molar-refractivity contribution in [1.29, 1.82) is 0 Å². The Balaban J connectivity index is 2.13. The molecule has 1 aromatic carbocycles. The largest absolute Gasteiger partial charge is 0.389 e. The molecule has 0 spiro atoms. The number of hydrogen-bond donors (Lipinski definition) is 3. The van der Waals surface area contributed by atoms with Gasteiger partial charge in [-0.15, -0.1) is 0 Å². The first kappa shape index (κ1) is 14.7. The fourth-order valence-electron chi connectivity index (χ4n) is 2.41. The highest BCUT2D eigenvalue weighted by Crippen LogP contribution is 2.26. The van der Waals surface area contributed by atoms with Crippen LogP contribution >= 0.6 is 0 Å². The van der Waals surface area contributed by atoms with Crippen LogP contribution in [0.25, 0.3) is 0 Å². The molecular weight excluding hydrogens is 262 g/mol. The molecule has 3 N–H and O–H groups in total. The molecule has 1 aliphatic heterocycles. The molecule has 0 radical (unpaired) electrons. The van der Waals surface area contributed by atoms with Crippen LogP contribution in [-0.2, 0) is 6.54 Å². The number of likely N-dealkylation sites (tertiary alicyclic amines) is 1. The Morgan fingerprint density at radius 3 is 2.60 bits per heavy atom. The van der Waals surface area contributed by atoms with E-state index in [-0.39, 0.29) is 5.69 Å². The van der Waals surface area contributed by atoms with Gasteiger partial charge in [0.1, 0.15) is 5.69 Å². The zero-order valence-corrected chi connectivity index (χ0v) is 11.3. The summed E-state index contributed by atoms with van der Waals surface area (Å²) < 4.78 is 0. The Kier molecular flexibility index (Phi) is 4.53. The highest BCUT2D eigenvalue weighted by molar-refractivity contribution is 5.62. The van der Waals surface area contributed by atoms with Gasteiger partial charge in [0.25, 0.3) is 5.69 Å². The Morgan fingerprint density at radius 2 is 2.05 bits per heavy atom. The van der Waals surface area contributed by atoms with E-state index in [4.69, 9.17) is 0 Å². The van der Waals surface area contributed by atoms with Crippen LogP contribution in [0.3, 0.4) is 0 Å². The summed E-state index contributed by atoms with van der Waals surface area (Å²) in [5, 5.41) is 32.9. The van der Waals surface area contributed by atoms with E-state index < -0.39 is 17.1 Å². The van der Waals surface area contributed by atoms with E-state index in [1.807, 2.05) is 11.8 Å². The summed E-state index contributed by atoms with van der Waals surface area (Å²) in [6, 6.07) is 4.94. The molecule has 1 heterocycles. The number of aliphatic hydroxyl groups excluding tert-OH is 2. The molecule has 1 aromatic rings. The van der Waals surface area contributed by atoms with E-state index in [1.54, 1.807) is 12.1 Å². The minimum atomic E-state index is -0.721. The maximum absolute atomic E-state index is 10.9. The van der Waals surface area contributed by atoms with Crippen molar-refractivity contribution in [2.45, 2.75) is 25.7 Å². The van der Waals surface area contributed by atoms with Crippen LogP contribution < -0.4 is 5.32 Å². The number of β-amino-alcohol motifs (C(OH)–C–C–N with tert-alkyl or cyclic N) is 2. The first-order valence-electron chi connectivity index (χ1n) is 6.61. The van der Waals surface area contributed by atoms with Crippen LogP contribution in [0.2, 0.25) is 0 Å². The highest BCUT2D eigenvalue weighted by atomic mass is 16.6. The average Bonchev–Trinajstić information content (AvgIpc) is 2.68. The number of rotatable bonds is 5. The van der Waals surface area contributed by atoms with E-state index in [9.17, 15) is 20.3 Å². The lowest BCUT2D eigenvalue weighted by Gasteiger charge is -2.15. The maximum atomic E-state index is 10.9. The number of aliphatic hydroxyl groups is 2. The fraction of sp³-hybridized carbons (Fsp3) is 0.538. The lowest BCUT2D eigenvalue weighted by atomic mass is 10.1. The van der Waals surface area contributed by atoms with E-state index >= 15 is 0 Å². The minimum Gasteiger partial charge on any atom is -0.389 e. The first-order chi connectivity index (χ1) is 9.51.